The Morgan fingerprint density at radius 2 is 2.07 bits per heavy atom. The molecule has 154 valence electrons. The maximum absolute atomic E-state index is 12.1. The van der Waals surface area contributed by atoms with E-state index in [-0.39, 0.29) is 25.3 Å². The lowest BCUT2D eigenvalue weighted by Gasteiger charge is -2.47. The van der Waals surface area contributed by atoms with Gasteiger partial charge in [0, 0.05) is 36.1 Å². The summed E-state index contributed by atoms with van der Waals surface area (Å²) < 4.78 is 27.4. The zero-order valence-electron chi connectivity index (χ0n) is 17.0. The number of sulfonamides is 1. The number of allylic oxidation sites excluding steroid dienone is 1. The second kappa shape index (κ2) is 8.43. The summed E-state index contributed by atoms with van der Waals surface area (Å²) in [5, 5.41) is 13.8. The normalized spacial score (nSPS) is 16.6. The maximum atomic E-state index is 12.1. The fraction of sp³-hybridized carbons (Fsp3) is 0.500. The van der Waals surface area contributed by atoms with Crippen LogP contribution >= 0.6 is 0 Å². The van der Waals surface area contributed by atoms with Gasteiger partial charge in [0.15, 0.2) is 0 Å². The van der Waals surface area contributed by atoms with E-state index in [0.717, 1.165) is 35.4 Å². The molecule has 9 heteroatoms. The van der Waals surface area contributed by atoms with Crippen LogP contribution in [0.1, 0.15) is 44.4 Å². The van der Waals surface area contributed by atoms with Gasteiger partial charge in [0.25, 0.3) is 0 Å². The minimum atomic E-state index is -3.28. The minimum Gasteiger partial charge on any atom is -0.262 e. The fourth-order valence-corrected chi connectivity index (χ4v) is 4.70. The fourth-order valence-electron chi connectivity index (χ4n) is 3.46. The lowest BCUT2D eigenvalue weighted by atomic mass is 9.89. The van der Waals surface area contributed by atoms with Crippen molar-refractivity contribution >= 4 is 16.1 Å². The molecule has 0 N–H and O–H groups in total. The lowest BCUT2D eigenvalue weighted by Crippen LogP contribution is -2.64. The lowest BCUT2D eigenvalue weighted by molar-refractivity contribution is 0.0719. The molecule has 0 aromatic carbocycles. The topological polar surface area (TPSA) is 105 Å². The first-order valence-electron chi connectivity index (χ1n) is 9.75. The summed E-state index contributed by atoms with van der Waals surface area (Å²) in [4.78, 5) is 8.75. The second-order valence-electron chi connectivity index (χ2n) is 7.31. The van der Waals surface area contributed by atoms with E-state index in [0.29, 0.717) is 0 Å². The molecular formula is C20H26N6O2S. The summed E-state index contributed by atoms with van der Waals surface area (Å²) in [5.74, 6) is 0.0493. The minimum absolute atomic E-state index is 0.0493. The molecule has 0 radical (unpaired) electrons. The molecule has 0 atom stereocenters. The van der Waals surface area contributed by atoms with E-state index in [2.05, 4.69) is 34.1 Å². The monoisotopic (exact) mass is 414 g/mol. The zero-order chi connectivity index (χ0) is 21.1. The molecule has 2 aromatic rings. The Morgan fingerprint density at radius 3 is 2.72 bits per heavy atom. The number of nitriles is 1. The predicted molar refractivity (Wildman–Crippen MR) is 111 cm³/mol. The van der Waals surface area contributed by atoms with Crippen LogP contribution in [-0.4, -0.2) is 51.3 Å². The van der Waals surface area contributed by atoms with Gasteiger partial charge in [-0.2, -0.15) is 14.7 Å². The smallest absolute Gasteiger partial charge is 0.213 e. The van der Waals surface area contributed by atoms with E-state index in [1.165, 1.54) is 10.6 Å². The van der Waals surface area contributed by atoms with Gasteiger partial charge in [0.2, 0.25) is 10.0 Å². The van der Waals surface area contributed by atoms with Crippen molar-refractivity contribution in [3.63, 3.8) is 0 Å². The molecule has 0 unspecified atom stereocenters. The average molecular weight is 415 g/mol. The molecule has 0 amide bonds. The maximum Gasteiger partial charge on any atom is 0.213 e. The van der Waals surface area contributed by atoms with Crippen LogP contribution < -0.4 is 0 Å². The van der Waals surface area contributed by atoms with Crippen LogP contribution in [0.5, 0.6) is 0 Å². The number of unbranched alkanes of at least 4 members (excludes halogenated alkanes) is 1. The SMILES string of the molecule is CCC/C=C\c1c(C)ncnc1-c1cnn(C2(CC#N)CN(S(=O)(=O)CC)C2)c1. The average Bonchev–Trinajstić information content (AvgIpc) is 3.15. The molecule has 0 spiro atoms. The number of hydrogen-bond acceptors (Lipinski definition) is 6. The van der Waals surface area contributed by atoms with Crippen LogP contribution in [0.25, 0.3) is 17.3 Å². The van der Waals surface area contributed by atoms with Crippen LogP contribution in [0.3, 0.4) is 0 Å². The molecule has 1 fully saturated rings. The number of rotatable bonds is 8. The molecule has 1 aliphatic rings. The van der Waals surface area contributed by atoms with Crippen LogP contribution in [-0.2, 0) is 15.6 Å². The zero-order valence-corrected chi connectivity index (χ0v) is 17.9. The quantitative estimate of drug-likeness (QED) is 0.658. The molecular weight excluding hydrogens is 388 g/mol. The molecule has 3 heterocycles. The molecule has 1 saturated heterocycles. The first-order chi connectivity index (χ1) is 13.9. The van der Waals surface area contributed by atoms with Crippen molar-refractivity contribution in [2.24, 2.45) is 0 Å². The summed E-state index contributed by atoms with van der Waals surface area (Å²) in [7, 11) is -3.28. The van der Waals surface area contributed by atoms with Crippen molar-refractivity contribution in [3.8, 4) is 17.3 Å². The Hall–Kier alpha value is -2.57. The van der Waals surface area contributed by atoms with Gasteiger partial charge < -0.3 is 0 Å². The Balaban J connectivity index is 1.93. The van der Waals surface area contributed by atoms with Crippen molar-refractivity contribution in [3.05, 3.63) is 36.1 Å². The summed E-state index contributed by atoms with van der Waals surface area (Å²) >= 11 is 0. The van der Waals surface area contributed by atoms with Crippen molar-refractivity contribution in [2.75, 3.05) is 18.8 Å². The van der Waals surface area contributed by atoms with Gasteiger partial charge in [0.1, 0.15) is 11.9 Å². The van der Waals surface area contributed by atoms with Gasteiger partial charge >= 0.3 is 0 Å². The molecule has 2 aromatic heterocycles. The number of aryl methyl sites for hydroxylation is 1. The highest BCUT2D eigenvalue weighted by molar-refractivity contribution is 7.89. The first kappa shape index (κ1) is 21.1. The Kier molecular flexibility index (Phi) is 6.15. The van der Waals surface area contributed by atoms with E-state index in [9.17, 15) is 13.7 Å². The molecule has 29 heavy (non-hydrogen) atoms. The van der Waals surface area contributed by atoms with E-state index in [1.807, 2.05) is 19.2 Å². The predicted octanol–water partition coefficient (Wildman–Crippen LogP) is 2.74. The van der Waals surface area contributed by atoms with Gasteiger partial charge in [-0.15, -0.1) is 0 Å². The van der Waals surface area contributed by atoms with Gasteiger partial charge in [0.05, 0.1) is 30.1 Å². The summed E-state index contributed by atoms with van der Waals surface area (Å²) in [6.45, 7) is 6.20. The van der Waals surface area contributed by atoms with E-state index >= 15 is 0 Å². The summed E-state index contributed by atoms with van der Waals surface area (Å²) in [6.07, 6.45) is 11.5. The van der Waals surface area contributed by atoms with E-state index in [1.54, 1.807) is 17.8 Å². The van der Waals surface area contributed by atoms with Crippen molar-refractivity contribution in [1.82, 2.24) is 24.1 Å². The third kappa shape index (κ3) is 4.09. The molecule has 0 aliphatic carbocycles. The molecule has 8 nitrogen and oxygen atoms in total. The van der Waals surface area contributed by atoms with Crippen molar-refractivity contribution in [1.29, 1.82) is 5.26 Å². The van der Waals surface area contributed by atoms with E-state index < -0.39 is 15.6 Å². The highest BCUT2D eigenvalue weighted by atomic mass is 32.2. The second-order valence-corrected chi connectivity index (χ2v) is 9.57. The van der Waals surface area contributed by atoms with Crippen molar-refractivity contribution in [2.45, 2.75) is 45.6 Å². The third-order valence-electron chi connectivity index (χ3n) is 5.27. The third-order valence-corrected chi connectivity index (χ3v) is 7.05. The largest absolute Gasteiger partial charge is 0.262 e. The van der Waals surface area contributed by atoms with Gasteiger partial charge in [-0.1, -0.05) is 25.5 Å². The number of aromatic nitrogens is 4. The van der Waals surface area contributed by atoms with E-state index in [4.69, 9.17) is 0 Å². The Morgan fingerprint density at radius 1 is 1.31 bits per heavy atom. The molecule has 0 saturated carbocycles. The van der Waals surface area contributed by atoms with Crippen molar-refractivity contribution < 1.29 is 8.42 Å². The standard InChI is InChI=1S/C20H26N6O2S/c1-4-6-7-8-18-16(3)22-15-23-19(18)17-11-24-26(12-17)20(9-10-21)13-25(14-20)29(27,28)5-2/h7-8,11-12,15H,4-6,9,13-14H2,1-3H3/b8-7-. The molecule has 1 aliphatic heterocycles. The highest BCUT2D eigenvalue weighted by Crippen LogP contribution is 2.35. The highest BCUT2D eigenvalue weighted by Gasteiger charge is 2.49. The van der Waals surface area contributed by atoms with Gasteiger partial charge in [-0.05, 0) is 20.3 Å². The van der Waals surface area contributed by atoms with Crippen LogP contribution in [0.15, 0.2) is 24.8 Å². The van der Waals surface area contributed by atoms with Gasteiger partial charge in [-0.25, -0.2) is 18.4 Å². The first-order valence-corrected chi connectivity index (χ1v) is 11.4. The molecule has 0 bridgehead atoms. The summed E-state index contributed by atoms with van der Waals surface area (Å²) in [6, 6.07) is 2.18. The number of hydrogen-bond donors (Lipinski definition) is 0. The van der Waals surface area contributed by atoms with Crippen LogP contribution in [0, 0.1) is 18.3 Å². The molecule has 3 rings (SSSR count). The van der Waals surface area contributed by atoms with Crippen LogP contribution in [0.2, 0.25) is 0 Å². The number of nitrogens with zero attached hydrogens (tertiary/aromatic N) is 6. The summed E-state index contributed by atoms with van der Waals surface area (Å²) in [5.41, 5.74) is 2.78. The van der Waals surface area contributed by atoms with Gasteiger partial charge in [-0.3, -0.25) is 4.68 Å². The van der Waals surface area contributed by atoms with Crippen LogP contribution in [0.4, 0.5) is 0 Å². The Bertz CT molecular complexity index is 1050. The Labute approximate surface area is 171 Å².